The van der Waals surface area contributed by atoms with E-state index in [4.69, 9.17) is 9.72 Å². The average molecular weight is 426 g/mol. The number of methoxy groups -OCH3 is 1. The van der Waals surface area contributed by atoms with Crippen LogP contribution in [0.15, 0.2) is 29.1 Å². The molecule has 9 heteroatoms. The molecule has 0 spiro atoms. The standard InChI is InChI=1S/C21H23N5O3S/c1-12(2)19-21(27)24-13-10-15-16(11-14(13)22-19)26(8-5-9-29-4)20(23-15)17-6-7-18(30-17)25(3)28/h6-7,10-12H,3,5,8-9H2,1-2,4H3,(H,24,27). The Morgan fingerprint density at radius 2 is 2.10 bits per heavy atom. The molecule has 4 aromatic rings. The van der Waals surface area contributed by atoms with Crippen LogP contribution < -0.4 is 5.56 Å². The number of thiophene rings is 1. The molecule has 0 fully saturated rings. The molecule has 8 nitrogen and oxygen atoms in total. The van der Waals surface area contributed by atoms with Gasteiger partial charge in [0.25, 0.3) is 10.6 Å². The molecule has 0 saturated carbocycles. The lowest BCUT2D eigenvalue weighted by atomic mass is 10.1. The Balaban J connectivity index is 1.93. The molecule has 156 valence electrons. The lowest BCUT2D eigenvalue weighted by molar-refractivity contribution is -0.344. The molecule has 1 N–H and O–H groups in total. The van der Waals surface area contributed by atoms with E-state index in [0.717, 1.165) is 33.7 Å². The SMILES string of the molecule is C=[N+]([O-])c1ccc(-c2nc3cc4[nH]c(=O)c(C(C)C)nc4cc3n2CCCOC)s1. The van der Waals surface area contributed by atoms with Gasteiger partial charge in [0.1, 0.15) is 12.4 Å². The minimum atomic E-state index is -0.175. The first kappa shape index (κ1) is 20.2. The van der Waals surface area contributed by atoms with Crippen molar-refractivity contribution in [2.75, 3.05) is 13.7 Å². The van der Waals surface area contributed by atoms with Crippen molar-refractivity contribution in [1.29, 1.82) is 0 Å². The molecule has 3 aromatic heterocycles. The number of aromatic nitrogens is 4. The molecule has 1 aromatic carbocycles. The molecular weight excluding hydrogens is 402 g/mol. The van der Waals surface area contributed by atoms with E-state index in [-0.39, 0.29) is 11.5 Å². The maximum atomic E-state index is 12.3. The summed E-state index contributed by atoms with van der Waals surface area (Å²) in [4.78, 5) is 25.6. The minimum Gasteiger partial charge on any atom is -0.618 e. The first-order valence-electron chi connectivity index (χ1n) is 9.70. The van der Waals surface area contributed by atoms with Gasteiger partial charge >= 0.3 is 0 Å². The summed E-state index contributed by atoms with van der Waals surface area (Å²) < 4.78 is 7.93. The van der Waals surface area contributed by atoms with Crippen LogP contribution in [0.2, 0.25) is 0 Å². The summed E-state index contributed by atoms with van der Waals surface area (Å²) in [5.41, 5.74) is 3.40. The molecule has 3 heterocycles. The lowest BCUT2D eigenvalue weighted by Gasteiger charge is -2.09. The Morgan fingerprint density at radius 3 is 2.77 bits per heavy atom. The quantitative estimate of drug-likeness (QED) is 0.159. The number of aryl methyl sites for hydroxylation is 1. The van der Waals surface area contributed by atoms with Crippen LogP contribution in [-0.2, 0) is 11.3 Å². The van der Waals surface area contributed by atoms with Crippen LogP contribution in [0.4, 0.5) is 5.00 Å². The van der Waals surface area contributed by atoms with Crippen LogP contribution in [0, 0.1) is 5.21 Å². The molecule has 0 bridgehead atoms. The number of hydrogen-bond acceptors (Lipinski definition) is 6. The Labute approximate surface area is 177 Å². The monoisotopic (exact) mass is 425 g/mol. The van der Waals surface area contributed by atoms with E-state index in [1.807, 2.05) is 32.0 Å². The van der Waals surface area contributed by atoms with Crippen molar-refractivity contribution < 1.29 is 9.48 Å². The highest BCUT2D eigenvalue weighted by Crippen LogP contribution is 2.34. The predicted octanol–water partition coefficient (Wildman–Crippen LogP) is 4.00. The number of imidazole rings is 1. The third-order valence-corrected chi connectivity index (χ3v) is 6.01. The molecule has 0 amide bonds. The largest absolute Gasteiger partial charge is 0.618 e. The minimum absolute atomic E-state index is 0.0262. The highest BCUT2D eigenvalue weighted by Gasteiger charge is 2.18. The van der Waals surface area contributed by atoms with Crippen LogP contribution in [-0.4, -0.2) is 44.7 Å². The molecule has 0 aliphatic heterocycles. The Morgan fingerprint density at radius 1 is 1.30 bits per heavy atom. The third kappa shape index (κ3) is 3.61. The van der Waals surface area contributed by atoms with E-state index in [9.17, 15) is 10.0 Å². The first-order valence-corrected chi connectivity index (χ1v) is 10.5. The molecule has 30 heavy (non-hydrogen) atoms. The van der Waals surface area contributed by atoms with Gasteiger partial charge in [-0.25, -0.2) is 9.97 Å². The van der Waals surface area contributed by atoms with Crippen molar-refractivity contribution in [3.8, 4) is 10.7 Å². The molecule has 0 aliphatic rings. The second-order valence-electron chi connectivity index (χ2n) is 7.41. The van der Waals surface area contributed by atoms with Gasteiger partial charge in [-0.05, 0) is 24.6 Å². The summed E-state index contributed by atoms with van der Waals surface area (Å²) in [7, 11) is 1.68. The van der Waals surface area contributed by atoms with Gasteiger partial charge in [-0.1, -0.05) is 25.2 Å². The fourth-order valence-electron chi connectivity index (χ4n) is 3.47. The topological polar surface area (TPSA) is 98.9 Å². The van der Waals surface area contributed by atoms with Gasteiger partial charge in [-0.3, -0.25) is 4.79 Å². The number of ether oxygens (including phenoxy) is 1. The van der Waals surface area contributed by atoms with Crippen molar-refractivity contribution >= 4 is 45.1 Å². The second-order valence-corrected chi connectivity index (χ2v) is 8.48. The zero-order valence-electron chi connectivity index (χ0n) is 17.1. The van der Waals surface area contributed by atoms with Crippen LogP contribution in [0.3, 0.4) is 0 Å². The number of hydrogen-bond donors (Lipinski definition) is 1. The van der Waals surface area contributed by atoms with Crippen LogP contribution in [0.1, 0.15) is 31.9 Å². The van der Waals surface area contributed by atoms with Gasteiger partial charge in [-0.15, -0.1) is 0 Å². The summed E-state index contributed by atoms with van der Waals surface area (Å²) >= 11 is 1.34. The smallest absolute Gasteiger partial charge is 0.272 e. The highest BCUT2D eigenvalue weighted by molar-refractivity contribution is 7.18. The highest BCUT2D eigenvalue weighted by atomic mass is 32.1. The van der Waals surface area contributed by atoms with Crippen molar-refractivity contribution in [2.45, 2.75) is 32.7 Å². The molecule has 0 atom stereocenters. The summed E-state index contributed by atoms with van der Waals surface area (Å²) in [6, 6.07) is 7.44. The second kappa shape index (κ2) is 8.00. The number of nitrogens with one attached hydrogen (secondary N) is 1. The van der Waals surface area contributed by atoms with Gasteiger partial charge in [0.2, 0.25) is 0 Å². The normalized spacial score (nSPS) is 11.7. The van der Waals surface area contributed by atoms with Crippen molar-refractivity contribution in [2.24, 2.45) is 0 Å². The average Bonchev–Trinajstić information content (AvgIpc) is 3.31. The zero-order chi connectivity index (χ0) is 21.4. The van der Waals surface area contributed by atoms with Gasteiger partial charge in [0, 0.05) is 32.2 Å². The van der Waals surface area contributed by atoms with Crippen LogP contribution in [0.25, 0.3) is 32.8 Å². The van der Waals surface area contributed by atoms with E-state index in [1.54, 1.807) is 13.2 Å². The Bertz CT molecular complexity index is 1300. The van der Waals surface area contributed by atoms with Gasteiger partial charge in [0.05, 0.1) is 26.9 Å². The van der Waals surface area contributed by atoms with E-state index in [1.165, 1.54) is 11.3 Å². The Kier molecular flexibility index (Phi) is 5.40. The summed E-state index contributed by atoms with van der Waals surface area (Å²) in [6.07, 6.45) is 0.810. The number of benzene rings is 1. The van der Waals surface area contributed by atoms with Crippen molar-refractivity contribution in [1.82, 2.24) is 19.5 Å². The molecule has 4 rings (SSSR count). The van der Waals surface area contributed by atoms with E-state index in [0.29, 0.717) is 34.1 Å². The number of H-pyrrole nitrogens is 1. The van der Waals surface area contributed by atoms with E-state index >= 15 is 0 Å². The lowest BCUT2D eigenvalue weighted by Crippen LogP contribution is -2.16. The number of nitrogens with zero attached hydrogens (tertiary/aromatic N) is 4. The summed E-state index contributed by atoms with van der Waals surface area (Å²) in [6.45, 7) is 8.63. The first-order chi connectivity index (χ1) is 14.4. The molecule has 0 radical (unpaired) electrons. The summed E-state index contributed by atoms with van der Waals surface area (Å²) in [5, 5.41) is 12.1. The number of fused-ring (bicyclic) bond motifs is 2. The van der Waals surface area contributed by atoms with Crippen molar-refractivity contribution in [3.63, 3.8) is 0 Å². The van der Waals surface area contributed by atoms with Crippen LogP contribution in [0.5, 0.6) is 0 Å². The van der Waals surface area contributed by atoms with E-state index < -0.39 is 0 Å². The summed E-state index contributed by atoms with van der Waals surface area (Å²) in [5.74, 6) is 0.791. The fourth-order valence-corrected chi connectivity index (χ4v) is 4.32. The fraction of sp³-hybridized carbons (Fsp3) is 0.333. The molecule has 0 aliphatic carbocycles. The maximum absolute atomic E-state index is 12.3. The van der Waals surface area contributed by atoms with E-state index in [2.05, 4.69) is 21.3 Å². The van der Waals surface area contributed by atoms with Gasteiger partial charge in [0.15, 0.2) is 5.82 Å². The van der Waals surface area contributed by atoms with Crippen molar-refractivity contribution in [3.05, 3.63) is 45.5 Å². The predicted molar refractivity (Wildman–Crippen MR) is 120 cm³/mol. The maximum Gasteiger partial charge on any atom is 0.272 e. The Hall–Kier alpha value is -3.04. The van der Waals surface area contributed by atoms with Gasteiger partial charge in [-0.2, -0.15) is 4.74 Å². The third-order valence-electron chi connectivity index (χ3n) is 4.92. The number of rotatable bonds is 7. The molecule has 0 saturated heterocycles. The molecular formula is C21H23N5O3S. The number of aromatic amines is 1. The zero-order valence-corrected chi connectivity index (χ0v) is 18.0. The van der Waals surface area contributed by atoms with Gasteiger partial charge < -0.3 is 19.5 Å². The molecule has 0 unspecified atom stereocenters. The van der Waals surface area contributed by atoms with Crippen LogP contribution >= 0.6 is 11.3 Å².